The zero-order valence-electron chi connectivity index (χ0n) is 22.1. The maximum atomic E-state index is 12.5. The summed E-state index contributed by atoms with van der Waals surface area (Å²) in [6.07, 6.45) is 1.78. The van der Waals surface area contributed by atoms with Gasteiger partial charge in [-0.25, -0.2) is 9.97 Å². The number of benzene rings is 2. The van der Waals surface area contributed by atoms with E-state index in [-0.39, 0.29) is 5.91 Å². The molecule has 6 aliphatic rings. The normalized spacial score (nSPS) is 22.2. The summed E-state index contributed by atoms with van der Waals surface area (Å²) in [4.78, 5) is 28.9. The first kappa shape index (κ1) is 25.5. The van der Waals surface area contributed by atoms with E-state index in [9.17, 15) is 4.79 Å². The number of aromatic nitrogens is 2. The monoisotopic (exact) mass is 529 g/mol. The molecule has 9 rings (SSSR count). The molecule has 2 aromatic carbocycles. The van der Waals surface area contributed by atoms with Crippen LogP contribution in [-0.4, -0.2) is 97.9 Å². The molecule has 0 radical (unpaired) electrons. The van der Waals surface area contributed by atoms with E-state index in [0.717, 1.165) is 81.7 Å². The van der Waals surface area contributed by atoms with Crippen molar-refractivity contribution in [2.45, 2.75) is 6.54 Å². The van der Waals surface area contributed by atoms with Crippen molar-refractivity contribution in [3.8, 4) is 17.0 Å². The average Bonchev–Trinajstić information content (AvgIpc) is 2.97. The number of piperazine rings is 1. The van der Waals surface area contributed by atoms with Crippen LogP contribution in [0.3, 0.4) is 0 Å². The Bertz CT molecular complexity index is 1270. The van der Waals surface area contributed by atoms with Crippen molar-refractivity contribution in [2.24, 2.45) is 0 Å². The van der Waals surface area contributed by atoms with Crippen molar-refractivity contribution < 1.29 is 14.3 Å². The van der Waals surface area contributed by atoms with Gasteiger partial charge in [-0.05, 0) is 54.1 Å². The number of anilines is 3. The lowest BCUT2D eigenvalue weighted by Gasteiger charge is -2.36. The van der Waals surface area contributed by atoms with Gasteiger partial charge in [-0.15, -0.1) is 0 Å². The van der Waals surface area contributed by atoms with Crippen LogP contribution in [0.5, 0.6) is 5.75 Å². The third-order valence-corrected chi connectivity index (χ3v) is 7.41. The summed E-state index contributed by atoms with van der Waals surface area (Å²) in [7, 11) is 0. The first-order valence-corrected chi connectivity index (χ1v) is 13.7. The molecule has 10 heteroatoms. The minimum Gasteiger partial charge on any atom is -0.492 e. The SMILES string of the molecule is O=C1CN2CCN(CC2)Cc2cc(ccc2N2CCOCC2)Nc2nccc(n2)-c2ccc(cc2)OCCN1. The second-order valence-electron chi connectivity index (χ2n) is 10.1. The Kier molecular flexibility index (Phi) is 7.85. The molecule has 0 aliphatic carbocycles. The van der Waals surface area contributed by atoms with Gasteiger partial charge in [0.25, 0.3) is 0 Å². The summed E-state index contributed by atoms with van der Waals surface area (Å²) in [6, 6.07) is 16.2. The number of ether oxygens (including phenoxy) is 2. The Morgan fingerprint density at radius 1 is 0.821 bits per heavy atom. The third-order valence-electron chi connectivity index (χ3n) is 7.41. The lowest BCUT2D eigenvalue weighted by atomic mass is 10.1. The van der Waals surface area contributed by atoms with Crippen molar-refractivity contribution in [3.63, 3.8) is 0 Å². The smallest absolute Gasteiger partial charge is 0.234 e. The number of hydrogen-bond acceptors (Lipinski definition) is 9. The molecule has 0 unspecified atom stereocenters. The van der Waals surface area contributed by atoms with E-state index in [1.54, 1.807) is 6.20 Å². The summed E-state index contributed by atoms with van der Waals surface area (Å²) in [6.45, 7) is 8.96. The lowest BCUT2D eigenvalue weighted by molar-refractivity contribution is -0.122. The lowest BCUT2D eigenvalue weighted by Crippen LogP contribution is -2.49. The van der Waals surface area contributed by atoms with Gasteiger partial charge in [0, 0.05) is 68.9 Å². The summed E-state index contributed by atoms with van der Waals surface area (Å²) in [5.74, 6) is 1.36. The zero-order valence-corrected chi connectivity index (χ0v) is 22.1. The van der Waals surface area contributed by atoms with E-state index in [1.807, 2.05) is 30.3 Å². The number of nitrogens with one attached hydrogen (secondary N) is 2. The maximum absolute atomic E-state index is 12.5. The van der Waals surface area contributed by atoms with Gasteiger partial charge in [-0.1, -0.05) is 0 Å². The maximum Gasteiger partial charge on any atom is 0.234 e. The fraction of sp³-hybridized carbons (Fsp3) is 0.414. The van der Waals surface area contributed by atoms with E-state index in [1.165, 1.54) is 11.3 Å². The number of rotatable bonds is 1. The van der Waals surface area contributed by atoms with Gasteiger partial charge >= 0.3 is 0 Å². The molecule has 204 valence electrons. The van der Waals surface area contributed by atoms with Crippen LogP contribution in [0.1, 0.15) is 5.56 Å². The van der Waals surface area contributed by atoms with Gasteiger partial charge < -0.3 is 25.0 Å². The average molecular weight is 530 g/mol. The Morgan fingerprint density at radius 2 is 1.59 bits per heavy atom. The van der Waals surface area contributed by atoms with Crippen molar-refractivity contribution in [1.29, 1.82) is 0 Å². The van der Waals surface area contributed by atoms with E-state index < -0.39 is 0 Å². The predicted molar refractivity (Wildman–Crippen MR) is 150 cm³/mol. The van der Waals surface area contributed by atoms with Crippen LogP contribution in [0.4, 0.5) is 17.3 Å². The van der Waals surface area contributed by atoms with E-state index in [4.69, 9.17) is 14.5 Å². The highest BCUT2D eigenvalue weighted by molar-refractivity contribution is 5.78. The van der Waals surface area contributed by atoms with Crippen LogP contribution < -0.4 is 20.3 Å². The van der Waals surface area contributed by atoms with Gasteiger partial charge in [0.1, 0.15) is 12.4 Å². The summed E-state index contributed by atoms with van der Waals surface area (Å²) in [5, 5.41) is 6.41. The number of morpholine rings is 1. The Morgan fingerprint density at radius 3 is 2.38 bits per heavy atom. The Labute approximate surface area is 228 Å². The molecule has 7 heterocycles. The molecule has 39 heavy (non-hydrogen) atoms. The molecule has 1 aromatic heterocycles. The highest BCUT2D eigenvalue weighted by Crippen LogP contribution is 2.29. The van der Waals surface area contributed by atoms with Gasteiger partial charge in [0.15, 0.2) is 0 Å². The second kappa shape index (κ2) is 12.0. The largest absolute Gasteiger partial charge is 0.492 e. The highest BCUT2D eigenvalue weighted by atomic mass is 16.5. The Hall–Kier alpha value is -3.73. The second-order valence-corrected chi connectivity index (χ2v) is 10.1. The fourth-order valence-corrected chi connectivity index (χ4v) is 5.30. The molecule has 2 fully saturated rings. The number of nitrogens with zero attached hydrogens (tertiary/aromatic N) is 5. The molecule has 0 spiro atoms. The molecule has 2 saturated heterocycles. The number of carbonyl (C=O) groups is 1. The van der Waals surface area contributed by atoms with Crippen LogP contribution in [0.25, 0.3) is 11.3 Å². The zero-order chi connectivity index (χ0) is 26.4. The molecule has 2 N–H and O–H groups in total. The highest BCUT2D eigenvalue weighted by Gasteiger charge is 2.22. The van der Waals surface area contributed by atoms with E-state index >= 15 is 0 Å². The first-order valence-electron chi connectivity index (χ1n) is 13.7. The van der Waals surface area contributed by atoms with Gasteiger partial charge in [0.2, 0.25) is 11.9 Å². The molecule has 3 aromatic rings. The van der Waals surface area contributed by atoms with Crippen LogP contribution in [0, 0.1) is 0 Å². The molecular weight excluding hydrogens is 494 g/mol. The quantitative estimate of drug-likeness (QED) is 0.493. The van der Waals surface area contributed by atoms with Crippen LogP contribution in [0.2, 0.25) is 0 Å². The fourth-order valence-electron chi connectivity index (χ4n) is 5.30. The van der Waals surface area contributed by atoms with Crippen LogP contribution >= 0.6 is 0 Å². The standard InChI is InChI=1S/C29H35N7O3/c37-28-21-35-12-10-34(11-13-35)20-23-19-24(3-6-27(23)36-14-17-38-18-15-36)32-29-31-8-7-26(33-29)22-1-4-25(5-2-22)39-16-9-30-28/h1-8,19H,9-18,20-21H2,(H,30,37)(H,31,32,33). The van der Waals surface area contributed by atoms with Crippen molar-refractivity contribution in [1.82, 2.24) is 25.1 Å². The van der Waals surface area contributed by atoms with Crippen LogP contribution in [0.15, 0.2) is 54.7 Å². The third kappa shape index (κ3) is 6.47. The molecule has 0 atom stereocenters. The summed E-state index contributed by atoms with van der Waals surface area (Å²) >= 11 is 0. The minimum absolute atomic E-state index is 0.0393. The Balaban J connectivity index is 1.29. The van der Waals surface area contributed by atoms with Gasteiger partial charge in [0.05, 0.1) is 32.0 Å². The topological polar surface area (TPSA) is 95.1 Å². The van der Waals surface area contributed by atoms with Gasteiger partial charge in [-0.3, -0.25) is 14.6 Å². The molecule has 8 bridgehead atoms. The van der Waals surface area contributed by atoms with Crippen molar-refractivity contribution in [2.75, 3.05) is 82.4 Å². The number of carbonyl (C=O) groups excluding carboxylic acids is 1. The van der Waals surface area contributed by atoms with Crippen molar-refractivity contribution in [3.05, 3.63) is 60.3 Å². The predicted octanol–water partition coefficient (Wildman–Crippen LogP) is 2.35. The van der Waals surface area contributed by atoms with Crippen molar-refractivity contribution >= 4 is 23.2 Å². The summed E-state index contributed by atoms with van der Waals surface area (Å²) < 4.78 is 11.4. The molecule has 0 saturated carbocycles. The number of hydrogen-bond donors (Lipinski definition) is 2. The minimum atomic E-state index is 0.0393. The van der Waals surface area contributed by atoms with Gasteiger partial charge in [-0.2, -0.15) is 0 Å². The number of amides is 1. The molecule has 6 aliphatic heterocycles. The molecular formula is C29H35N7O3. The first-order chi connectivity index (χ1) is 19.2. The molecule has 1 amide bonds. The van der Waals surface area contributed by atoms with E-state index in [0.29, 0.717) is 25.6 Å². The van der Waals surface area contributed by atoms with E-state index in [2.05, 4.69) is 48.5 Å². The summed E-state index contributed by atoms with van der Waals surface area (Å²) in [5.41, 5.74) is 5.28. The van der Waals surface area contributed by atoms with Crippen LogP contribution in [-0.2, 0) is 16.1 Å². The molecule has 10 nitrogen and oxygen atoms in total.